The van der Waals surface area contributed by atoms with Crippen molar-refractivity contribution in [1.82, 2.24) is 0 Å². The topological polar surface area (TPSA) is 26.3 Å². The van der Waals surface area contributed by atoms with Crippen LogP contribution in [0.25, 0.3) is 0 Å². The molecule has 1 aliphatic rings. The number of carbonyl (C=O) groups is 1. The van der Waals surface area contributed by atoms with Crippen LogP contribution in [0.5, 0.6) is 0 Å². The zero-order chi connectivity index (χ0) is 8.27. The molecule has 0 heterocycles. The van der Waals surface area contributed by atoms with Gasteiger partial charge in [0.25, 0.3) is 0 Å². The summed E-state index contributed by atoms with van der Waals surface area (Å²) in [5.41, 5.74) is 0. The van der Waals surface area contributed by atoms with E-state index in [1.165, 1.54) is 12.8 Å². The molecule has 0 saturated heterocycles. The van der Waals surface area contributed by atoms with Gasteiger partial charge in [-0.15, -0.1) is 0 Å². The number of rotatable bonds is 3. The van der Waals surface area contributed by atoms with E-state index in [-0.39, 0.29) is 11.9 Å². The predicted molar refractivity (Wildman–Crippen MR) is 43.5 cm³/mol. The molecular formula is C9H16O2. The molecule has 2 nitrogen and oxygen atoms in total. The van der Waals surface area contributed by atoms with Crippen LogP contribution in [0.15, 0.2) is 0 Å². The smallest absolute Gasteiger partial charge is 0.158 e. The maximum atomic E-state index is 10.8. The molecule has 1 aliphatic carbocycles. The Kier molecular flexibility index (Phi) is 3.06. The Morgan fingerprint density at radius 2 is 2.00 bits per heavy atom. The van der Waals surface area contributed by atoms with Crippen LogP contribution < -0.4 is 0 Å². The maximum Gasteiger partial charge on any atom is 0.158 e. The van der Waals surface area contributed by atoms with E-state index in [1.54, 1.807) is 6.92 Å². The number of ketones is 1. The standard InChI is InChI=1S/C9H16O2/c1-7(10)8(2)11-9-5-3-4-6-9/h8-9H,3-6H2,1-2H3/t8-/m0/s1. The lowest BCUT2D eigenvalue weighted by Crippen LogP contribution is -2.23. The molecule has 0 aromatic heterocycles. The van der Waals surface area contributed by atoms with Gasteiger partial charge >= 0.3 is 0 Å². The molecule has 0 aromatic carbocycles. The summed E-state index contributed by atoms with van der Waals surface area (Å²) in [6.07, 6.45) is 4.95. The summed E-state index contributed by atoms with van der Waals surface area (Å²) in [7, 11) is 0. The van der Waals surface area contributed by atoms with E-state index < -0.39 is 0 Å². The minimum atomic E-state index is -0.196. The Morgan fingerprint density at radius 3 is 2.45 bits per heavy atom. The van der Waals surface area contributed by atoms with E-state index in [9.17, 15) is 4.79 Å². The average Bonchev–Trinajstić information content (AvgIpc) is 2.39. The van der Waals surface area contributed by atoms with Crippen LogP contribution in [0, 0.1) is 0 Å². The van der Waals surface area contributed by atoms with Gasteiger partial charge in [-0.2, -0.15) is 0 Å². The van der Waals surface area contributed by atoms with E-state index >= 15 is 0 Å². The highest BCUT2D eigenvalue weighted by molar-refractivity contribution is 5.79. The molecule has 0 spiro atoms. The molecule has 64 valence electrons. The second-order valence-corrected chi connectivity index (χ2v) is 3.30. The SMILES string of the molecule is CC(=O)[C@H](C)OC1CCCC1. The van der Waals surface area contributed by atoms with Crippen LogP contribution in [0.4, 0.5) is 0 Å². The highest BCUT2D eigenvalue weighted by Gasteiger charge is 2.19. The van der Waals surface area contributed by atoms with Gasteiger partial charge in [0.2, 0.25) is 0 Å². The van der Waals surface area contributed by atoms with Gasteiger partial charge in [0, 0.05) is 0 Å². The first-order valence-electron chi connectivity index (χ1n) is 4.36. The van der Waals surface area contributed by atoms with E-state index in [2.05, 4.69) is 0 Å². The normalized spacial score (nSPS) is 22.0. The third kappa shape index (κ3) is 2.62. The Hall–Kier alpha value is -0.370. The lowest BCUT2D eigenvalue weighted by atomic mass is 10.2. The van der Waals surface area contributed by atoms with Crippen molar-refractivity contribution in [2.45, 2.75) is 51.7 Å². The Bertz CT molecular complexity index is 136. The number of ether oxygens (including phenoxy) is 1. The van der Waals surface area contributed by atoms with Gasteiger partial charge in [-0.3, -0.25) is 4.79 Å². The third-order valence-electron chi connectivity index (χ3n) is 2.27. The summed E-state index contributed by atoms with van der Waals surface area (Å²) in [4.78, 5) is 10.8. The van der Waals surface area contributed by atoms with Gasteiger partial charge in [-0.1, -0.05) is 12.8 Å². The number of Topliss-reactive ketones (excluding diaryl/α,β-unsaturated/α-hetero) is 1. The van der Waals surface area contributed by atoms with Gasteiger partial charge < -0.3 is 4.74 Å². The van der Waals surface area contributed by atoms with Crippen LogP contribution in [-0.2, 0) is 9.53 Å². The minimum absolute atomic E-state index is 0.136. The minimum Gasteiger partial charge on any atom is -0.368 e. The molecule has 0 N–H and O–H groups in total. The number of hydrogen-bond donors (Lipinski definition) is 0. The van der Waals surface area contributed by atoms with Crippen LogP contribution in [0.3, 0.4) is 0 Å². The summed E-state index contributed by atoms with van der Waals surface area (Å²) in [6.45, 7) is 3.42. The molecule has 11 heavy (non-hydrogen) atoms. The predicted octanol–water partition coefficient (Wildman–Crippen LogP) is 1.92. The second-order valence-electron chi connectivity index (χ2n) is 3.30. The fourth-order valence-corrected chi connectivity index (χ4v) is 1.41. The molecule has 0 aliphatic heterocycles. The molecule has 1 fully saturated rings. The first-order valence-corrected chi connectivity index (χ1v) is 4.36. The molecule has 1 saturated carbocycles. The van der Waals surface area contributed by atoms with Crippen molar-refractivity contribution >= 4 is 5.78 Å². The van der Waals surface area contributed by atoms with Gasteiger partial charge in [0.1, 0.15) is 6.10 Å². The molecule has 2 heteroatoms. The van der Waals surface area contributed by atoms with Gasteiger partial charge in [0.15, 0.2) is 5.78 Å². The van der Waals surface area contributed by atoms with Crippen LogP contribution in [0.2, 0.25) is 0 Å². The molecule has 1 rings (SSSR count). The van der Waals surface area contributed by atoms with E-state index in [4.69, 9.17) is 4.74 Å². The fourth-order valence-electron chi connectivity index (χ4n) is 1.41. The third-order valence-corrected chi connectivity index (χ3v) is 2.27. The summed E-state index contributed by atoms with van der Waals surface area (Å²) in [6, 6.07) is 0. The van der Waals surface area contributed by atoms with Crippen molar-refractivity contribution in [2.75, 3.05) is 0 Å². The van der Waals surface area contributed by atoms with Gasteiger partial charge in [0.05, 0.1) is 6.10 Å². The second kappa shape index (κ2) is 3.86. The molecule has 0 unspecified atom stereocenters. The van der Waals surface area contributed by atoms with Crippen molar-refractivity contribution in [3.63, 3.8) is 0 Å². The average molecular weight is 156 g/mol. The molecule has 0 amide bonds. The summed E-state index contributed by atoms with van der Waals surface area (Å²) in [5, 5.41) is 0. The van der Waals surface area contributed by atoms with Gasteiger partial charge in [-0.05, 0) is 26.7 Å². The van der Waals surface area contributed by atoms with Crippen LogP contribution in [0.1, 0.15) is 39.5 Å². The summed E-state index contributed by atoms with van der Waals surface area (Å²) < 4.78 is 5.52. The molecule has 0 bridgehead atoms. The lowest BCUT2D eigenvalue weighted by Gasteiger charge is -2.15. The van der Waals surface area contributed by atoms with Crippen LogP contribution >= 0.6 is 0 Å². The molecule has 0 radical (unpaired) electrons. The van der Waals surface area contributed by atoms with Gasteiger partial charge in [-0.25, -0.2) is 0 Å². The largest absolute Gasteiger partial charge is 0.368 e. The number of hydrogen-bond acceptors (Lipinski definition) is 2. The first kappa shape index (κ1) is 8.72. The maximum absolute atomic E-state index is 10.8. The van der Waals surface area contributed by atoms with Crippen LogP contribution in [-0.4, -0.2) is 18.0 Å². The van der Waals surface area contributed by atoms with Crippen molar-refractivity contribution in [3.8, 4) is 0 Å². The lowest BCUT2D eigenvalue weighted by molar-refractivity contribution is -0.130. The summed E-state index contributed by atoms with van der Waals surface area (Å²) >= 11 is 0. The van der Waals surface area contributed by atoms with Crippen molar-refractivity contribution in [1.29, 1.82) is 0 Å². The zero-order valence-corrected chi connectivity index (χ0v) is 7.30. The quantitative estimate of drug-likeness (QED) is 0.624. The molecule has 0 aromatic rings. The zero-order valence-electron chi connectivity index (χ0n) is 7.30. The van der Waals surface area contributed by atoms with Crippen molar-refractivity contribution < 1.29 is 9.53 Å². The Morgan fingerprint density at radius 1 is 1.45 bits per heavy atom. The Labute approximate surface area is 67.9 Å². The Balaban J connectivity index is 2.23. The van der Waals surface area contributed by atoms with E-state index in [0.29, 0.717) is 6.10 Å². The highest BCUT2D eigenvalue weighted by Crippen LogP contribution is 2.22. The first-order chi connectivity index (χ1) is 5.20. The monoisotopic (exact) mass is 156 g/mol. The molecular weight excluding hydrogens is 140 g/mol. The van der Waals surface area contributed by atoms with E-state index in [0.717, 1.165) is 12.8 Å². The molecule has 1 atom stereocenters. The fraction of sp³-hybridized carbons (Fsp3) is 0.889. The van der Waals surface area contributed by atoms with Crippen molar-refractivity contribution in [3.05, 3.63) is 0 Å². The van der Waals surface area contributed by atoms with E-state index in [1.807, 2.05) is 6.92 Å². The van der Waals surface area contributed by atoms with Crippen molar-refractivity contribution in [2.24, 2.45) is 0 Å². The highest BCUT2D eigenvalue weighted by atomic mass is 16.5. The number of carbonyl (C=O) groups excluding carboxylic acids is 1. The summed E-state index contributed by atoms with van der Waals surface area (Å²) in [5.74, 6) is 0.136.